The molecule has 1 aliphatic heterocycles. The molecule has 3 aliphatic rings. The molecule has 0 N–H and O–H groups in total. The number of rotatable bonds is 6. The molecular weight excluding hydrogens is 341 g/mol. The first-order valence-corrected chi connectivity index (χ1v) is 10.6. The third-order valence-corrected chi connectivity index (χ3v) is 7.13. The van der Waals surface area contributed by atoms with Gasteiger partial charge in [-0.1, -0.05) is 18.9 Å². The van der Waals surface area contributed by atoms with Crippen molar-refractivity contribution in [1.29, 1.82) is 0 Å². The molecular formula is C23H30FNO2. The van der Waals surface area contributed by atoms with Crippen LogP contribution >= 0.6 is 0 Å². The van der Waals surface area contributed by atoms with Crippen molar-refractivity contribution in [2.45, 2.75) is 70.6 Å². The summed E-state index contributed by atoms with van der Waals surface area (Å²) in [6.07, 6.45) is 9.30. The molecule has 1 unspecified atom stereocenters. The minimum absolute atomic E-state index is 0.0310. The van der Waals surface area contributed by atoms with Crippen LogP contribution in [0.5, 0.6) is 0 Å². The van der Waals surface area contributed by atoms with Crippen LogP contribution < -0.4 is 0 Å². The number of hydrogen-bond acceptors (Lipinski definition) is 2. The molecule has 1 saturated heterocycles. The second-order valence-corrected chi connectivity index (χ2v) is 8.91. The first-order valence-electron chi connectivity index (χ1n) is 10.6. The summed E-state index contributed by atoms with van der Waals surface area (Å²) in [7, 11) is 0. The Morgan fingerprint density at radius 1 is 1.19 bits per heavy atom. The van der Waals surface area contributed by atoms with E-state index in [4.69, 9.17) is 0 Å². The van der Waals surface area contributed by atoms with Crippen molar-refractivity contribution in [3.05, 3.63) is 35.1 Å². The van der Waals surface area contributed by atoms with Gasteiger partial charge in [0.05, 0.1) is 0 Å². The van der Waals surface area contributed by atoms with Gasteiger partial charge in [0.15, 0.2) is 0 Å². The lowest BCUT2D eigenvalue weighted by Gasteiger charge is -2.22. The molecule has 3 nitrogen and oxygen atoms in total. The van der Waals surface area contributed by atoms with Gasteiger partial charge >= 0.3 is 0 Å². The number of ketones is 1. The third-order valence-electron chi connectivity index (χ3n) is 7.13. The molecule has 2 aliphatic carbocycles. The number of halogens is 1. The van der Waals surface area contributed by atoms with Gasteiger partial charge in [0.2, 0.25) is 5.91 Å². The molecule has 1 amide bonds. The molecule has 27 heavy (non-hydrogen) atoms. The number of hydrogen-bond donors (Lipinski definition) is 0. The summed E-state index contributed by atoms with van der Waals surface area (Å²) in [5.74, 6) is 0.965. The summed E-state index contributed by atoms with van der Waals surface area (Å²) >= 11 is 0. The monoisotopic (exact) mass is 371 g/mol. The van der Waals surface area contributed by atoms with Crippen LogP contribution in [0, 0.1) is 17.2 Å². The number of Topliss-reactive ketones (excluding diaryl/α,β-unsaturated/α-hetero) is 1. The summed E-state index contributed by atoms with van der Waals surface area (Å²) in [5.41, 5.74) is 1.82. The highest BCUT2D eigenvalue weighted by atomic mass is 19.1. The van der Waals surface area contributed by atoms with Gasteiger partial charge < -0.3 is 4.90 Å². The van der Waals surface area contributed by atoms with Crippen molar-refractivity contribution in [1.82, 2.24) is 4.90 Å². The van der Waals surface area contributed by atoms with E-state index in [9.17, 15) is 14.0 Å². The highest BCUT2D eigenvalue weighted by Gasteiger charge is 2.56. The van der Waals surface area contributed by atoms with Gasteiger partial charge in [-0.05, 0) is 87.0 Å². The number of aryl methyl sites for hydroxylation is 1. The van der Waals surface area contributed by atoms with E-state index in [-0.39, 0.29) is 17.5 Å². The standard InChI is InChI=1S/C23H30FNO2/c1-16(26)23(11-12-23)22(27)25-13-10-17(15-25)6-7-19-8-9-20(24)14-21(19)18-4-2-3-5-18/h8-9,14,17-18H,2-7,10-13,15H2,1H3. The van der Waals surface area contributed by atoms with Gasteiger partial charge in [-0.2, -0.15) is 0 Å². The summed E-state index contributed by atoms with van der Waals surface area (Å²) < 4.78 is 13.8. The van der Waals surface area contributed by atoms with E-state index in [1.807, 2.05) is 11.0 Å². The fourth-order valence-electron chi connectivity index (χ4n) is 5.17. The molecule has 0 radical (unpaired) electrons. The topological polar surface area (TPSA) is 37.4 Å². The molecule has 4 heteroatoms. The number of nitrogens with zero attached hydrogens (tertiary/aromatic N) is 1. The zero-order chi connectivity index (χ0) is 19.0. The van der Waals surface area contributed by atoms with E-state index in [1.165, 1.54) is 36.8 Å². The fourth-order valence-corrected chi connectivity index (χ4v) is 5.17. The highest BCUT2D eigenvalue weighted by molar-refractivity contribution is 6.07. The van der Waals surface area contributed by atoms with Crippen LogP contribution in [0.25, 0.3) is 0 Å². The van der Waals surface area contributed by atoms with Crippen molar-refractivity contribution in [3.63, 3.8) is 0 Å². The molecule has 4 rings (SSSR count). The maximum atomic E-state index is 13.8. The molecule has 1 atom stereocenters. The molecule has 1 heterocycles. The highest BCUT2D eigenvalue weighted by Crippen LogP contribution is 2.48. The van der Waals surface area contributed by atoms with Crippen LogP contribution in [-0.2, 0) is 16.0 Å². The predicted octanol–water partition coefficient (Wildman–Crippen LogP) is 4.63. The van der Waals surface area contributed by atoms with Crippen molar-refractivity contribution in [2.24, 2.45) is 11.3 Å². The molecule has 0 aromatic heterocycles. The number of benzene rings is 1. The van der Waals surface area contributed by atoms with E-state index < -0.39 is 5.41 Å². The Labute approximate surface area is 161 Å². The van der Waals surface area contributed by atoms with Gasteiger partial charge in [-0.25, -0.2) is 4.39 Å². The Hall–Kier alpha value is -1.71. The summed E-state index contributed by atoms with van der Waals surface area (Å²) in [4.78, 5) is 26.5. The maximum absolute atomic E-state index is 13.8. The second kappa shape index (κ2) is 7.37. The zero-order valence-corrected chi connectivity index (χ0v) is 16.3. The first-order chi connectivity index (χ1) is 13.0. The van der Waals surface area contributed by atoms with Gasteiger partial charge in [-0.15, -0.1) is 0 Å². The van der Waals surface area contributed by atoms with E-state index >= 15 is 0 Å². The number of likely N-dealkylation sites (tertiary alicyclic amines) is 1. The minimum atomic E-state index is -0.679. The van der Waals surface area contributed by atoms with Crippen LogP contribution in [0.3, 0.4) is 0 Å². The Bertz CT molecular complexity index is 734. The lowest BCUT2D eigenvalue weighted by atomic mass is 9.89. The number of amides is 1. The normalized spacial score (nSPS) is 24.4. The minimum Gasteiger partial charge on any atom is -0.342 e. The van der Waals surface area contributed by atoms with E-state index in [0.29, 0.717) is 11.8 Å². The lowest BCUT2D eigenvalue weighted by Crippen LogP contribution is -2.38. The zero-order valence-electron chi connectivity index (χ0n) is 16.3. The van der Waals surface area contributed by atoms with E-state index in [1.54, 1.807) is 19.1 Å². The van der Waals surface area contributed by atoms with Gasteiger partial charge in [-0.3, -0.25) is 9.59 Å². The van der Waals surface area contributed by atoms with Crippen LogP contribution in [0.15, 0.2) is 18.2 Å². The van der Waals surface area contributed by atoms with Crippen molar-refractivity contribution in [2.75, 3.05) is 13.1 Å². The molecule has 0 spiro atoms. The lowest BCUT2D eigenvalue weighted by molar-refractivity contribution is -0.141. The Balaban J connectivity index is 1.36. The van der Waals surface area contributed by atoms with E-state index in [2.05, 4.69) is 0 Å². The number of carbonyl (C=O) groups excluding carboxylic acids is 2. The molecule has 146 valence electrons. The third kappa shape index (κ3) is 3.68. The first kappa shape index (κ1) is 18.6. The summed E-state index contributed by atoms with van der Waals surface area (Å²) in [6.45, 7) is 3.10. The summed E-state index contributed by atoms with van der Waals surface area (Å²) in [5, 5.41) is 0. The largest absolute Gasteiger partial charge is 0.342 e. The Kier molecular flexibility index (Phi) is 5.09. The van der Waals surface area contributed by atoms with Gasteiger partial charge in [0.1, 0.15) is 17.0 Å². The summed E-state index contributed by atoms with van der Waals surface area (Å²) in [6, 6.07) is 5.30. The maximum Gasteiger partial charge on any atom is 0.236 e. The molecule has 2 saturated carbocycles. The van der Waals surface area contributed by atoms with Gasteiger partial charge in [0.25, 0.3) is 0 Å². The smallest absolute Gasteiger partial charge is 0.236 e. The molecule has 1 aromatic rings. The average Bonchev–Trinajstić information content (AvgIpc) is 3.06. The fraction of sp³-hybridized carbons (Fsp3) is 0.652. The second-order valence-electron chi connectivity index (χ2n) is 8.91. The van der Waals surface area contributed by atoms with Crippen molar-refractivity contribution in [3.8, 4) is 0 Å². The van der Waals surface area contributed by atoms with Crippen molar-refractivity contribution >= 4 is 11.7 Å². The average molecular weight is 371 g/mol. The van der Waals surface area contributed by atoms with Crippen molar-refractivity contribution < 1.29 is 14.0 Å². The molecule has 0 bridgehead atoms. The van der Waals surface area contributed by atoms with Crippen LogP contribution in [0.1, 0.15) is 75.3 Å². The number of carbonyl (C=O) groups is 2. The SMILES string of the molecule is CC(=O)C1(C(=O)N2CCC(CCc3ccc(F)cc3C3CCCC3)C2)CC1. The van der Waals surface area contributed by atoms with Gasteiger partial charge in [0, 0.05) is 13.1 Å². The molecule has 3 fully saturated rings. The Morgan fingerprint density at radius 3 is 2.59 bits per heavy atom. The van der Waals surface area contributed by atoms with E-state index in [0.717, 1.165) is 45.2 Å². The predicted molar refractivity (Wildman–Crippen MR) is 103 cm³/mol. The van der Waals surface area contributed by atoms with Crippen LogP contribution in [-0.4, -0.2) is 29.7 Å². The quantitative estimate of drug-likeness (QED) is 0.684. The molecule has 1 aromatic carbocycles. The van der Waals surface area contributed by atoms with Crippen LogP contribution in [0.2, 0.25) is 0 Å². The Morgan fingerprint density at radius 2 is 1.93 bits per heavy atom. The van der Waals surface area contributed by atoms with Crippen LogP contribution in [0.4, 0.5) is 4.39 Å².